The average Bonchev–Trinajstić information content (AvgIpc) is 3.09. The van der Waals surface area contributed by atoms with Gasteiger partial charge in [-0.15, -0.1) is 16.4 Å². The number of hydrogen-bond acceptors (Lipinski definition) is 4. The molecule has 0 spiro atoms. The lowest BCUT2D eigenvalue weighted by Crippen LogP contribution is -2.07. The van der Waals surface area contributed by atoms with E-state index in [-0.39, 0.29) is 5.88 Å². The summed E-state index contributed by atoms with van der Waals surface area (Å²) in [5, 5.41) is 6.32. The lowest BCUT2D eigenvalue weighted by molar-refractivity contribution is 0.0732. The van der Waals surface area contributed by atoms with Crippen LogP contribution in [0.2, 0.25) is 5.02 Å². The summed E-state index contributed by atoms with van der Waals surface area (Å²) in [5.74, 6) is -0.258. The Morgan fingerprint density at radius 1 is 1.20 bits per heavy atom. The molecule has 2 heterocycles. The second-order valence-electron chi connectivity index (χ2n) is 3.92. The van der Waals surface area contributed by atoms with Gasteiger partial charge in [0.2, 0.25) is 5.88 Å². The zero-order valence-electron chi connectivity index (χ0n) is 10.2. The van der Waals surface area contributed by atoms with Crippen molar-refractivity contribution >= 4 is 28.9 Å². The van der Waals surface area contributed by atoms with Gasteiger partial charge in [0.05, 0.1) is 10.7 Å². The summed E-state index contributed by atoms with van der Waals surface area (Å²) in [6.45, 7) is 0. The van der Waals surface area contributed by atoms with Gasteiger partial charge in [-0.25, -0.2) is 9.48 Å². The minimum absolute atomic E-state index is 0.239. The Balaban J connectivity index is 1.78. The van der Waals surface area contributed by atoms with Crippen LogP contribution in [-0.4, -0.2) is 15.7 Å². The van der Waals surface area contributed by atoms with E-state index in [1.165, 1.54) is 11.3 Å². The Labute approximate surface area is 124 Å². The molecule has 0 fully saturated rings. The van der Waals surface area contributed by atoms with E-state index in [4.69, 9.17) is 16.3 Å². The highest BCUT2D eigenvalue weighted by Gasteiger charge is 2.15. The molecule has 0 atom stereocenters. The summed E-state index contributed by atoms with van der Waals surface area (Å²) >= 11 is 7.12. The number of halogens is 1. The predicted octanol–water partition coefficient (Wildman–Crippen LogP) is 3.81. The van der Waals surface area contributed by atoms with Gasteiger partial charge >= 0.3 is 5.97 Å². The van der Waals surface area contributed by atoms with E-state index >= 15 is 0 Å². The molecule has 3 rings (SSSR count). The molecule has 2 aromatic heterocycles. The number of hydrogen-bond donors (Lipinski definition) is 0. The molecule has 0 aliphatic carbocycles. The molecule has 0 aliphatic heterocycles. The third-order valence-electron chi connectivity index (χ3n) is 2.59. The number of aromatic nitrogens is 2. The van der Waals surface area contributed by atoms with Crippen molar-refractivity contribution in [1.29, 1.82) is 0 Å². The molecule has 0 bridgehead atoms. The molecule has 4 nitrogen and oxygen atoms in total. The van der Waals surface area contributed by atoms with Gasteiger partial charge in [-0.3, -0.25) is 0 Å². The van der Waals surface area contributed by atoms with Crippen molar-refractivity contribution in [1.82, 2.24) is 9.78 Å². The Morgan fingerprint density at radius 2 is 2.00 bits per heavy atom. The maximum Gasteiger partial charge on any atom is 0.356 e. The largest absolute Gasteiger partial charge is 0.402 e. The Kier molecular flexibility index (Phi) is 3.54. The van der Waals surface area contributed by atoms with Crippen molar-refractivity contribution in [3.8, 4) is 11.6 Å². The van der Waals surface area contributed by atoms with E-state index in [2.05, 4.69) is 5.10 Å². The molecule has 3 aromatic rings. The Morgan fingerprint density at radius 3 is 2.70 bits per heavy atom. The van der Waals surface area contributed by atoms with E-state index in [1.807, 2.05) is 30.3 Å². The minimum Gasteiger partial charge on any atom is -0.402 e. The minimum atomic E-state index is -0.497. The van der Waals surface area contributed by atoms with Crippen LogP contribution in [-0.2, 0) is 0 Å². The number of ether oxygens (including phenoxy) is 1. The van der Waals surface area contributed by atoms with Crippen LogP contribution in [0.15, 0.2) is 54.0 Å². The highest BCUT2D eigenvalue weighted by molar-refractivity contribution is 7.12. The molecule has 0 amide bonds. The van der Waals surface area contributed by atoms with Gasteiger partial charge in [0.1, 0.15) is 4.88 Å². The number of rotatable bonds is 3. The zero-order chi connectivity index (χ0) is 13.9. The van der Waals surface area contributed by atoms with E-state index in [1.54, 1.807) is 28.4 Å². The summed E-state index contributed by atoms with van der Waals surface area (Å²) in [7, 11) is 0. The van der Waals surface area contributed by atoms with E-state index in [9.17, 15) is 4.79 Å². The average molecular weight is 305 g/mol. The number of esters is 1. The van der Waals surface area contributed by atoms with Crippen LogP contribution < -0.4 is 4.74 Å². The van der Waals surface area contributed by atoms with Crippen LogP contribution in [0.5, 0.6) is 5.88 Å². The molecule has 20 heavy (non-hydrogen) atoms. The highest BCUT2D eigenvalue weighted by atomic mass is 35.5. The van der Waals surface area contributed by atoms with Gasteiger partial charge in [0, 0.05) is 12.3 Å². The van der Waals surface area contributed by atoms with Gasteiger partial charge in [0.25, 0.3) is 0 Å². The van der Waals surface area contributed by atoms with Gasteiger partial charge in [-0.1, -0.05) is 29.8 Å². The van der Waals surface area contributed by atoms with Crippen LogP contribution >= 0.6 is 22.9 Å². The van der Waals surface area contributed by atoms with Crippen LogP contribution in [0.1, 0.15) is 9.67 Å². The van der Waals surface area contributed by atoms with Crippen LogP contribution in [0.4, 0.5) is 0 Å². The maximum atomic E-state index is 11.9. The van der Waals surface area contributed by atoms with Crippen LogP contribution in [0, 0.1) is 0 Å². The SMILES string of the molecule is O=C(Oc1ccn(-c2ccccc2)n1)c1sccc1Cl. The number of thiophene rings is 1. The second-order valence-corrected chi connectivity index (χ2v) is 5.24. The second kappa shape index (κ2) is 5.48. The van der Waals surface area contributed by atoms with E-state index < -0.39 is 5.97 Å². The molecule has 0 N–H and O–H groups in total. The molecule has 0 radical (unpaired) electrons. The summed E-state index contributed by atoms with van der Waals surface area (Å²) in [5.41, 5.74) is 0.893. The van der Waals surface area contributed by atoms with Crippen molar-refractivity contribution in [2.24, 2.45) is 0 Å². The summed E-state index contributed by atoms with van der Waals surface area (Å²) in [4.78, 5) is 12.3. The third-order valence-corrected chi connectivity index (χ3v) is 3.91. The molecule has 1 aromatic carbocycles. The lowest BCUT2D eigenvalue weighted by atomic mass is 10.3. The van der Waals surface area contributed by atoms with Gasteiger partial charge < -0.3 is 4.74 Å². The maximum absolute atomic E-state index is 11.9. The van der Waals surface area contributed by atoms with Gasteiger partial charge in [0.15, 0.2) is 0 Å². The fraction of sp³-hybridized carbons (Fsp3) is 0. The smallest absolute Gasteiger partial charge is 0.356 e. The summed E-state index contributed by atoms with van der Waals surface area (Å²) in [6, 6.07) is 12.9. The first-order valence-electron chi connectivity index (χ1n) is 5.80. The number of carbonyl (C=O) groups excluding carboxylic acids is 1. The van der Waals surface area contributed by atoms with Crippen molar-refractivity contribution in [2.75, 3.05) is 0 Å². The quantitative estimate of drug-likeness (QED) is 0.691. The number of nitrogens with zero attached hydrogens (tertiary/aromatic N) is 2. The van der Waals surface area contributed by atoms with E-state index in [0.717, 1.165) is 5.69 Å². The van der Waals surface area contributed by atoms with Crippen molar-refractivity contribution < 1.29 is 9.53 Å². The fourth-order valence-electron chi connectivity index (χ4n) is 1.67. The fourth-order valence-corrected chi connectivity index (χ4v) is 2.67. The summed E-state index contributed by atoms with van der Waals surface area (Å²) in [6.07, 6.45) is 1.73. The zero-order valence-corrected chi connectivity index (χ0v) is 11.8. The van der Waals surface area contributed by atoms with Crippen molar-refractivity contribution in [3.05, 3.63) is 63.9 Å². The molecule has 0 unspecified atom stereocenters. The highest BCUT2D eigenvalue weighted by Crippen LogP contribution is 2.23. The lowest BCUT2D eigenvalue weighted by Gasteiger charge is -2.00. The van der Waals surface area contributed by atoms with Crippen molar-refractivity contribution in [2.45, 2.75) is 0 Å². The first-order chi connectivity index (χ1) is 9.74. The monoisotopic (exact) mass is 304 g/mol. The molecule has 0 saturated carbocycles. The summed E-state index contributed by atoms with van der Waals surface area (Å²) < 4.78 is 6.83. The standard InChI is InChI=1S/C14H9ClN2O2S/c15-11-7-9-20-13(11)14(18)19-12-6-8-17(16-12)10-4-2-1-3-5-10/h1-9H. The molecule has 6 heteroatoms. The van der Waals surface area contributed by atoms with Gasteiger partial charge in [-0.05, 0) is 23.6 Å². The Hall–Kier alpha value is -2.11. The normalized spacial score (nSPS) is 10.4. The molecule has 100 valence electrons. The molecular weight excluding hydrogens is 296 g/mol. The first-order valence-corrected chi connectivity index (χ1v) is 7.06. The third kappa shape index (κ3) is 2.59. The van der Waals surface area contributed by atoms with Crippen LogP contribution in [0.3, 0.4) is 0 Å². The molecular formula is C14H9ClN2O2S. The van der Waals surface area contributed by atoms with Crippen LogP contribution in [0.25, 0.3) is 5.69 Å². The predicted molar refractivity (Wildman–Crippen MR) is 77.9 cm³/mol. The number of carbonyl (C=O) groups is 1. The Bertz CT molecular complexity index is 736. The topological polar surface area (TPSA) is 44.1 Å². The van der Waals surface area contributed by atoms with Gasteiger partial charge in [-0.2, -0.15) is 0 Å². The number of benzene rings is 1. The van der Waals surface area contributed by atoms with E-state index in [0.29, 0.717) is 9.90 Å². The molecule has 0 aliphatic rings. The van der Waals surface area contributed by atoms with Crippen molar-refractivity contribution in [3.63, 3.8) is 0 Å². The molecule has 0 saturated heterocycles. The first kappa shape index (κ1) is 12.9. The number of para-hydroxylation sites is 1.